The maximum Gasteiger partial charge on any atom is 0.255 e. The van der Waals surface area contributed by atoms with Gasteiger partial charge in [-0.15, -0.1) is 0 Å². The van der Waals surface area contributed by atoms with Crippen molar-refractivity contribution in [2.24, 2.45) is 0 Å². The third-order valence-corrected chi connectivity index (χ3v) is 4.23. The molecule has 0 aliphatic heterocycles. The standard InChI is InChI=1S/C16H13FN4O2S/c1-24(23)14-3-2-12(9-13(14)17)20-16(22)11-4-5-19-15(8-11)21-7-6-18-10-21/h2-10H,1H3,(H,20,22). The molecule has 0 aliphatic carbocycles. The molecule has 1 unspecified atom stereocenters. The molecule has 0 saturated carbocycles. The van der Waals surface area contributed by atoms with Crippen molar-refractivity contribution >= 4 is 22.4 Å². The zero-order chi connectivity index (χ0) is 17.1. The van der Waals surface area contributed by atoms with E-state index in [1.807, 2.05) is 0 Å². The molecule has 24 heavy (non-hydrogen) atoms. The van der Waals surface area contributed by atoms with Crippen molar-refractivity contribution in [3.8, 4) is 5.82 Å². The average Bonchev–Trinajstić information content (AvgIpc) is 3.09. The highest BCUT2D eigenvalue weighted by Gasteiger charge is 2.11. The van der Waals surface area contributed by atoms with Gasteiger partial charge < -0.3 is 5.32 Å². The Hall–Kier alpha value is -2.87. The second-order valence-corrected chi connectivity index (χ2v) is 6.27. The van der Waals surface area contributed by atoms with Crippen molar-refractivity contribution in [1.82, 2.24) is 14.5 Å². The lowest BCUT2D eigenvalue weighted by Gasteiger charge is -2.08. The monoisotopic (exact) mass is 344 g/mol. The van der Waals surface area contributed by atoms with Crippen LogP contribution in [0.3, 0.4) is 0 Å². The molecule has 1 amide bonds. The van der Waals surface area contributed by atoms with E-state index in [9.17, 15) is 13.4 Å². The summed E-state index contributed by atoms with van der Waals surface area (Å²) in [5, 5.41) is 2.61. The first kappa shape index (κ1) is 16.0. The van der Waals surface area contributed by atoms with E-state index in [0.29, 0.717) is 11.4 Å². The minimum Gasteiger partial charge on any atom is -0.322 e. The maximum atomic E-state index is 13.8. The Kier molecular flexibility index (Phi) is 4.48. The molecule has 0 spiro atoms. The maximum absolute atomic E-state index is 13.8. The summed E-state index contributed by atoms with van der Waals surface area (Å²) in [6.45, 7) is 0. The number of halogens is 1. The average molecular weight is 344 g/mol. The number of aromatic nitrogens is 3. The highest BCUT2D eigenvalue weighted by Crippen LogP contribution is 2.18. The fourth-order valence-electron chi connectivity index (χ4n) is 2.11. The van der Waals surface area contributed by atoms with E-state index < -0.39 is 22.5 Å². The van der Waals surface area contributed by atoms with E-state index in [0.717, 1.165) is 6.07 Å². The number of carbonyl (C=O) groups excluding carboxylic acids is 1. The molecule has 2 heterocycles. The number of anilines is 1. The molecule has 0 saturated heterocycles. The number of pyridine rings is 1. The molecule has 3 aromatic rings. The number of hydrogen-bond donors (Lipinski definition) is 1. The fraction of sp³-hybridized carbons (Fsp3) is 0.0625. The van der Waals surface area contributed by atoms with E-state index in [1.165, 1.54) is 24.6 Å². The first-order valence-corrected chi connectivity index (χ1v) is 8.49. The van der Waals surface area contributed by atoms with E-state index in [4.69, 9.17) is 0 Å². The molecule has 0 radical (unpaired) electrons. The van der Waals surface area contributed by atoms with Crippen LogP contribution in [-0.4, -0.2) is 30.9 Å². The minimum absolute atomic E-state index is 0.0966. The molecular formula is C16H13FN4O2S. The molecule has 6 nitrogen and oxygen atoms in total. The summed E-state index contributed by atoms with van der Waals surface area (Å²) in [6, 6.07) is 7.21. The van der Waals surface area contributed by atoms with Gasteiger partial charge in [0.25, 0.3) is 5.91 Å². The van der Waals surface area contributed by atoms with Crippen LogP contribution in [0.1, 0.15) is 10.4 Å². The number of benzene rings is 1. The van der Waals surface area contributed by atoms with Gasteiger partial charge in [-0.3, -0.25) is 13.6 Å². The number of amides is 1. The number of nitrogens with one attached hydrogen (secondary N) is 1. The SMILES string of the molecule is CS(=O)c1ccc(NC(=O)c2ccnc(-n3ccnc3)c2)cc1F. The number of rotatable bonds is 4. The van der Waals surface area contributed by atoms with Crippen LogP contribution in [0.15, 0.2) is 60.1 Å². The molecule has 1 N–H and O–H groups in total. The van der Waals surface area contributed by atoms with Gasteiger partial charge in [-0.05, 0) is 30.3 Å². The Bertz CT molecular complexity index is 912. The van der Waals surface area contributed by atoms with Crippen LogP contribution < -0.4 is 5.32 Å². The fourth-order valence-corrected chi connectivity index (χ4v) is 2.70. The Morgan fingerprint density at radius 1 is 1.25 bits per heavy atom. The van der Waals surface area contributed by atoms with Gasteiger partial charge in [0.1, 0.15) is 18.0 Å². The molecule has 1 aromatic carbocycles. The van der Waals surface area contributed by atoms with Gasteiger partial charge in [0, 0.05) is 36.1 Å². The van der Waals surface area contributed by atoms with Gasteiger partial charge in [-0.2, -0.15) is 0 Å². The molecule has 0 aliphatic rings. The lowest BCUT2D eigenvalue weighted by Crippen LogP contribution is -2.13. The molecule has 2 aromatic heterocycles. The largest absolute Gasteiger partial charge is 0.322 e. The highest BCUT2D eigenvalue weighted by atomic mass is 32.2. The minimum atomic E-state index is -1.42. The van der Waals surface area contributed by atoms with Crippen molar-refractivity contribution < 1.29 is 13.4 Å². The van der Waals surface area contributed by atoms with Crippen LogP contribution >= 0.6 is 0 Å². The van der Waals surface area contributed by atoms with Crippen molar-refractivity contribution in [3.05, 3.63) is 66.6 Å². The van der Waals surface area contributed by atoms with Crippen LogP contribution in [0.25, 0.3) is 5.82 Å². The van der Waals surface area contributed by atoms with Crippen molar-refractivity contribution in [2.45, 2.75) is 4.90 Å². The molecule has 3 rings (SSSR count). The van der Waals surface area contributed by atoms with Gasteiger partial charge in [0.2, 0.25) is 0 Å². The number of imidazole rings is 1. The summed E-state index contributed by atoms with van der Waals surface area (Å²) in [5.74, 6) is -0.478. The van der Waals surface area contributed by atoms with Gasteiger partial charge in [-0.1, -0.05) is 0 Å². The number of nitrogens with zero attached hydrogens (tertiary/aromatic N) is 3. The lowest BCUT2D eigenvalue weighted by atomic mass is 10.2. The number of carbonyl (C=O) groups is 1. The van der Waals surface area contributed by atoms with E-state index in [1.54, 1.807) is 35.4 Å². The van der Waals surface area contributed by atoms with Crippen molar-refractivity contribution in [3.63, 3.8) is 0 Å². The van der Waals surface area contributed by atoms with Crippen LogP contribution in [0.2, 0.25) is 0 Å². The predicted molar refractivity (Wildman–Crippen MR) is 88.0 cm³/mol. The smallest absolute Gasteiger partial charge is 0.255 e. The van der Waals surface area contributed by atoms with Gasteiger partial charge in [0.15, 0.2) is 0 Å². The van der Waals surface area contributed by atoms with Crippen LogP contribution in [0, 0.1) is 5.82 Å². The predicted octanol–water partition coefficient (Wildman–Crippen LogP) is 2.40. The van der Waals surface area contributed by atoms with Gasteiger partial charge >= 0.3 is 0 Å². The van der Waals surface area contributed by atoms with Crippen molar-refractivity contribution in [1.29, 1.82) is 0 Å². The van der Waals surface area contributed by atoms with Gasteiger partial charge in [-0.25, -0.2) is 14.4 Å². The lowest BCUT2D eigenvalue weighted by molar-refractivity contribution is 0.102. The molecular weight excluding hydrogens is 331 g/mol. The number of hydrogen-bond acceptors (Lipinski definition) is 4. The molecule has 0 bridgehead atoms. The molecule has 1 atom stereocenters. The summed E-state index contributed by atoms with van der Waals surface area (Å²) < 4.78 is 26.8. The third-order valence-electron chi connectivity index (χ3n) is 3.28. The summed E-state index contributed by atoms with van der Waals surface area (Å²) in [5.41, 5.74) is 0.657. The Morgan fingerprint density at radius 3 is 2.75 bits per heavy atom. The Morgan fingerprint density at radius 2 is 2.08 bits per heavy atom. The summed E-state index contributed by atoms with van der Waals surface area (Å²) >= 11 is 0. The summed E-state index contributed by atoms with van der Waals surface area (Å²) in [4.78, 5) is 20.5. The highest BCUT2D eigenvalue weighted by molar-refractivity contribution is 7.84. The van der Waals surface area contributed by atoms with E-state index >= 15 is 0 Å². The van der Waals surface area contributed by atoms with Gasteiger partial charge in [0.05, 0.1) is 15.7 Å². The van der Waals surface area contributed by atoms with E-state index in [2.05, 4.69) is 15.3 Å². The molecule has 122 valence electrons. The first-order valence-electron chi connectivity index (χ1n) is 6.93. The summed E-state index contributed by atoms with van der Waals surface area (Å²) in [7, 11) is -1.42. The molecule has 0 fully saturated rings. The zero-order valence-corrected chi connectivity index (χ0v) is 13.5. The van der Waals surface area contributed by atoms with Crippen LogP contribution in [0.5, 0.6) is 0 Å². The van der Waals surface area contributed by atoms with Crippen LogP contribution in [0.4, 0.5) is 10.1 Å². The third kappa shape index (κ3) is 3.38. The topological polar surface area (TPSA) is 76.9 Å². The Balaban J connectivity index is 1.82. The van der Waals surface area contributed by atoms with Crippen LogP contribution in [-0.2, 0) is 10.8 Å². The first-order chi connectivity index (χ1) is 11.5. The summed E-state index contributed by atoms with van der Waals surface area (Å²) in [6.07, 6.45) is 7.79. The second kappa shape index (κ2) is 6.71. The second-order valence-electron chi connectivity index (χ2n) is 4.93. The quantitative estimate of drug-likeness (QED) is 0.788. The normalized spacial score (nSPS) is 11.9. The molecule has 8 heteroatoms. The van der Waals surface area contributed by atoms with E-state index in [-0.39, 0.29) is 10.6 Å². The Labute approximate surface area is 139 Å². The van der Waals surface area contributed by atoms with Crippen molar-refractivity contribution in [2.75, 3.05) is 11.6 Å². The zero-order valence-electron chi connectivity index (χ0n) is 12.6.